The minimum atomic E-state index is -3.75. The lowest BCUT2D eigenvalue weighted by atomic mass is 10.1. The van der Waals surface area contributed by atoms with Gasteiger partial charge in [-0.05, 0) is 36.1 Å². The van der Waals surface area contributed by atoms with Crippen molar-refractivity contribution in [2.75, 3.05) is 11.9 Å². The van der Waals surface area contributed by atoms with Crippen LogP contribution in [0.4, 0.5) is 5.69 Å². The molecule has 0 fully saturated rings. The van der Waals surface area contributed by atoms with Crippen LogP contribution < -0.4 is 10.0 Å². The van der Waals surface area contributed by atoms with Gasteiger partial charge < -0.3 is 5.32 Å². The van der Waals surface area contributed by atoms with Gasteiger partial charge in [-0.25, -0.2) is 8.42 Å². The summed E-state index contributed by atoms with van der Waals surface area (Å²) < 4.78 is 27.6. The minimum Gasteiger partial charge on any atom is -0.321 e. The number of anilines is 1. The minimum absolute atomic E-state index is 0.0609. The van der Waals surface area contributed by atoms with Crippen molar-refractivity contribution in [1.29, 1.82) is 0 Å². The molecule has 0 saturated heterocycles. The van der Waals surface area contributed by atoms with Crippen molar-refractivity contribution in [2.24, 2.45) is 4.99 Å². The molecule has 0 bridgehead atoms. The summed E-state index contributed by atoms with van der Waals surface area (Å²) in [5.41, 5.74) is 0.653. The van der Waals surface area contributed by atoms with Crippen LogP contribution in [0, 0.1) is 0 Å². The Balaban J connectivity index is 1.58. The number of fused-ring (bicyclic) bond motifs is 1. The Morgan fingerprint density at radius 2 is 1.89 bits per heavy atom. The van der Waals surface area contributed by atoms with E-state index < -0.39 is 15.9 Å². The number of amides is 1. The molecule has 1 amide bonds. The van der Waals surface area contributed by atoms with Gasteiger partial charge in [-0.1, -0.05) is 30.3 Å². The van der Waals surface area contributed by atoms with Crippen LogP contribution in [-0.2, 0) is 10.0 Å². The molecule has 0 saturated carbocycles. The molecule has 1 aliphatic heterocycles. The second-order valence-corrected chi connectivity index (χ2v) is 8.08. The zero-order valence-corrected chi connectivity index (χ0v) is 15.7. The first kappa shape index (κ1) is 18.1. The van der Waals surface area contributed by atoms with Crippen molar-refractivity contribution in [3.63, 3.8) is 0 Å². The van der Waals surface area contributed by atoms with Gasteiger partial charge in [0.2, 0.25) is 0 Å². The van der Waals surface area contributed by atoms with Crippen LogP contribution >= 0.6 is 0 Å². The number of rotatable bonds is 4. The van der Waals surface area contributed by atoms with Crippen molar-refractivity contribution in [1.82, 2.24) is 9.71 Å². The first-order chi connectivity index (χ1) is 13.5. The number of nitrogens with zero attached hydrogens (tertiary/aromatic N) is 2. The molecule has 0 radical (unpaired) electrons. The molecule has 2 heterocycles. The number of hydrogen-bond acceptors (Lipinski definition) is 5. The standard InChI is InChI=1S/C20H18N4O3S/c25-20(19-17-8-2-1-5-14(17)10-12-22-19)23-15-6-3-7-16(13-15)28(26,27)24-18-9-4-11-21-18/h1-3,5-8,10,12-13H,4,9,11H2,(H,21,24)(H,23,25). The Morgan fingerprint density at radius 3 is 2.71 bits per heavy atom. The molecule has 142 valence electrons. The van der Waals surface area contributed by atoms with Crippen LogP contribution in [0.2, 0.25) is 0 Å². The number of carbonyl (C=O) groups is 1. The summed E-state index contributed by atoms with van der Waals surface area (Å²) in [6.07, 6.45) is 3.03. The fraction of sp³-hybridized carbons (Fsp3) is 0.150. The van der Waals surface area contributed by atoms with Crippen molar-refractivity contribution in [3.05, 3.63) is 66.5 Å². The second kappa shape index (κ2) is 7.40. The summed E-state index contributed by atoms with van der Waals surface area (Å²) in [7, 11) is -3.75. The lowest BCUT2D eigenvalue weighted by molar-refractivity contribution is 0.102. The van der Waals surface area contributed by atoms with Gasteiger partial charge in [-0.15, -0.1) is 0 Å². The molecule has 4 rings (SSSR count). The normalized spacial score (nSPS) is 13.9. The number of nitrogens with one attached hydrogen (secondary N) is 2. The lowest BCUT2D eigenvalue weighted by Crippen LogP contribution is -2.29. The fourth-order valence-electron chi connectivity index (χ4n) is 3.07. The number of amidine groups is 1. The third-order valence-corrected chi connectivity index (χ3v) is 5.80. The highest BCUT2D eigenvalue weighted by molar-refractivity contribution is 7.90. The summed E-state index contributed by atoms with van der Waals surface area (Å²) in [4.78, 5) is 21.1. The number of pyridine rings is 1. The predicted octanol–water partition coefficient (Wildman–Crippen LogP) is 2.96. The van der Waals surface area contributed by atoms with Crippen LogP contribution in [0.1, 0.15) is 23.3 Å². The van der Waals surface area contributed by atoms with E-state index in [2.05, 4.69) is 20.0 Å². The quantitative estimate of drug-likeness (QED) is 0.710. The van der Waals surface area contributed by atoms with E-state index in [-0.39, 0.29) is 10.6 Å². The van der Waals surface area contributed by atoms with E-state index in [1.54, 1.807) is 18.3 Å². The maximum Gasteiger partial charge on any atom is 0.274 e. The van der Waals surface area contributed by atoms with Gasteiger partial charge in [0.25, 0.3) is 15.9 Å². The van der Waals surface area contributed by atoms with Gasteiger partial charge in [-0.2, -0.15) is 0 Å². The zero-order valence-electron chi connectivity index (χ0n) is 14.9. The van der Waals surface area contributed by atoms with Crippen LogP contribution in [-0.4, -0.2) is 31.7 Å². The third-order valence-electron chi connectivity index (χ3n) is 4.42. The van der Waals surface area contributed by atoms with Crippen molar-refractivity contribution >= 4 is 38.2 Å². The molecular formula is C20H18N4O3S. The van der Waals surface area contributed by atoms with E-state index in [1.807, 2.05) is 30.3 Å². The molecule has 8 heteroatoms. The highest BCUT2D eigenvalue weighted by atomic mass is 32.2. The third kappa shape index (κ3) is 3.72. The molecule has 0 aliphatic carbocycles. The summed E-state index contributed by atoms with van der Waals surface area (Å²) in [5, 5.41) is 4.36. The summed E-state index contributed by atoms with van der Waals surface area (Å²) in [6, 6.07) is 15.4. The van der Waals surface area contributed by atoms with E-state index in [9.17, 15) is 13.2 Å². The summed E-state index contributed by atoms with van der Waals surface area (Å²) in [6.45, 7) is 0.631. The highest BCUT2D eigenvalue weighted by Gasteiger charge is 2.19. The van der Waals surface area contributed by atoms with E-state index in [0.717, 1.165) is 17.2 Å². The van der Waals surface area contributed by atoms with Crippen LogP contribution in [0.25, 0.3) is 10.8 Å². The number of aromatic nitrogens is 1. The van der Waals surface area contributed by atoms with Crippen molar-refractivity contribution in [2.45, 2.75) is 17.7 Å². The largest absolute Gasteiger partial charge is 0.321 e. The SMILES string of the molecule is O=C(Nc1cccc(S(=O)(=O)NC2=NCCC2)c1)c1nccc2ccccc12. The average molecular weight is 394 g/mol. The molecule has 2 aromatic carbocycles. The smallest absolute Gasteiger partial charge is 0.274 e. The number of hydrogen-bond donors (Lipinski definition) is 2. The predicted molar refractivity (Wildman–Crippen MR) is 108 cm³/mol. The summed E-state index contributed by atoms with van der Waals surface area (Å²) in [5.74, 6) is 0.0638. The zero-order chi connectivity index (χ0) is 19.6. The first-order valence-corrected chi connectivity index (χ1v) is 10.3. The number of benzene rings is 2. The first-order valence-electron chi connectivity index (χ1n) is 8.84. The average Bonchev–Trinajstić information content (AvgIpc) is 3.20. The summed E-state index contributed by atoms with van der Waals surface area (Å²) >= 11 is 0. The molecule has 0 unspecified atom stereocenters. The monoisotopic (exact) mass is 394 g/mol. The van der Waals surface area contributed by atoms with Gasteiger partial charge in [0.15, 0.2) is 0 Å². The Morgan fingerprint density at radius 1 is 1.04 bits per heavy atom. The van der Waals surface area contributed by atoms with E-state index in [1.165, 1.54) is 12.1 Å². The van der Waals surface area contributed by atoms with Gasteiger partial charge in [0, 0.05) is 30.2 Å². The molecular weight excluding hydrogens is 376 g/mol. The Hall–Kier alpha value is -3.26. The van der Waals surface area contributed by atoms with Crippen molar-refractivity contribution < 1.29 is 13.2 Å². The van der Waals surface area contributed by atoms with E-state index in [4.69, 9.17) is 0 Å². The molecule has 0 spiro atoms. The second-order valence-electron chi connectivity index (χ2n) is 6.40. The molecule has 3 aromatic rings. The Labute approximate surface area is 162 Å². The highest BCUT2D eigenvalue weighted by Crippen LogP contribution is 2.20. The Kier molecular flexibility index (Phi) is 4.79. The maximum absolute atomic E-state index is 12.7. The van der Waals surface area contributed by atoms with Crippen LogP contribution in [0.3, 0.4) is 0 Å². The molecule has 1 aliphatic rings. The van der Waals surface area contributed by atoms with Gasteiger partial charge >= 0.3 is 0 Å². The molecule has 28 heavy (non-hydrogen) atoms. The molecule has 2 N–H and O–H groups in total. The van der Waals surface area contributed by atoms with E-state index >= 15 is 0 Å². The maximum atomic E-state index is 12.7. The van der Waals surface area contributed by atoms with Gasteiger partial charge in [0.1, 0.15) is 11.5 Å². The Bertz CT molecular complexity index is 1180. The fourth-order valence-corrected chi connectivity index (χ4v) is 4.20. The number of sulfonamides is 1. The topological polar surface area (TPSA) is 101 Å². The molecule has 7 nitrogen and oxygen atoms in total. The molecule has 0 atom stereocenters. The van der Waals surface area contributed by atoms with Crippen LogP contribution in [0.15, 0.2) is 70.7 Å². The lowest BCUT2D eigenvalue weighted by Gasteiger charge is -2.10. The van der Waals surface area contributed by atoms with Crippen LogP contribution in [0.5, 0.6) is 0 Å². The number of aliphatic imine (C=N–C) groups is 1. The number of carbonyl (C=O) groups excluding carboxylic acids is 1. The van der Waals surface area contributed by atoms with Gasteiger partial charge in [-0.3, -0.25) is 19.5 Å². The molecule has 1 aromatic heterocycles. The van der Waals surface area contributed by atoms with E-state index in [0.29, 0.717) is 24.5 Å². The van der Waals surface area contributed by atoms with Crippen molar-refractivity contribution in [3.8, 4) is 0 Å². The van der Waals surface area contributed by atoms with Gasteiger partial charge in [0.05, 0.1) is 4.90 Å².